The number of likely N-dealkylation sites (tertiary alicyclic amines) is 1. The molecule has 1 aromatic rings. The van der Waals surface area contributed by atoms with Gasteiger partial charge in [0.05, 0.1) is 23.9 Å². The molecule has 2 aliphatic rings. The van der Waals surface area contributed by atoms with Crippen molar-refractivity contribution in [2.24, 2.45) is 0 Å². The molecule has 25 heavy (non-hydrogen) atoms. The first-order valence-corrected chi connectivity index (χ1v) is 9.26. The number of benzene rings is 1. The maximum atomic E-state index is 13.6. The third kappa shape index (κ3) is 4.63. The summed E-state index contributed by atoms with van der Waals surface area (Å²) in [6, 6.07) is 2.85. The van der Waals surface area contributed by atoms with Crippen LogP contribution in [0.25, 0.3) is 0 Å². The van der Waals surface area contributed by atoms with Crippen molar-refractivity contribution in [1.29, 1.82) is 0 Å². The standard InChI is InChI=1S/C18H25ClFN3O2/c1-13-10-17(15(19)11-16(13)20)21-18(24)23-5-3-2-4-14(23)12-22-6-8-25-9-7-22/h10-11,14H,2-9,12H2,1H3,(H,21,24). The van der Waals surface area contributed by atoms with Crippen molar-refractivity contribution in [1.82, 2.24) is 9.80 Å². The Labute approximate surface area is 153 Å². The van der Waals surface area contributed by atoms with Crippen LogP contribution in [-0.2, 0) is 4.74 Å². The molecule has 2 amide bonds. The molecule has 1 atom stereocenters. The number of rotatable bonds is 3. The zero-order valence-electron chi connectivity index (χ0n) is 14.6. The second-order valence-corrected chi connectivity index (χ2v) is 7.17. The monoisotopic (exact) mass is 369 g/mol. The second-order valence-electron chi connectivity index (χ2n) is 6.77. The van der Waals surface area contributed by atoms with E-state index in [2.05, 4.69) is 10.2 Å². The predicted molar refractivity (Wildman–Crippen MR) is 96.8 cm³/mol. The molecule has 138 valence electrons. The number of nitrogens with one attached hydrogen (secondary N) is 1. The SMILES string of the molecule is Cc1cc(NC(=O)N2CCCCC2CN2CCOCC2)c(Cl)cc1F. The van der Waals surface area contributed by atoms with Gasteiger partial charge in [0.1, 0.15) is 5.82 Å². The van der Waals surface area contributed by atoms with E-state index in [9.17, 15) is 9.18 Å². The minimum Gasteiger partial charge on any atom is -0.379 e. The highest BCUT2D eigenvalue weighted by molar-refractivity contribution is 6.33. The van der Waals surface area contributed by atoms with Gasteiger partial charge in [0, 0.05) is 32.2 Å². The molecular weight excluding hydrogens is 345 g/mol. The largest absolute Gasteiger partial charge is 0.379 e. The van der Waals surface area contributed by atoms with Gasteiger partial charge in [-0.2, -0.15) is 0 Å². The molecule has 2 saturated heterocycles. The lowest BCUT2D eigenvalue weighted by Gasteiger charge is -2.39. The van der Waals surface area contributed by atoms with Gasteiger partial charge in [-0.25, -0.2) is 9.18 Å². The number of morpholine rings is 1. The van der Waals surface area contributed by atoms with Gasteiger partial charge in [-0.1, -0.05) is 11.6 Å². The summed E-state index contributed by atoms with van der Waals surface area (Å²) >= 11 is 6.08. The Balaban J connectivity index is 1.67. The lowest BCUT2D eigenvalue weighted by molar-refractivity contribution is 0.0229. The van der Waals surface area contributed by atoms with E-state index in [-0.39, 0.29) is 22.9 Å². The minimum absolute atomic E-state index is 0.161. The third-order valence-corrected chi connectivity index (χ3v) is 5.26. The highest BCUT2D eigenvalue weighted by atomic mass is 35.5. The van der Waals surface area contributed by atoms with Crippen molar-refractivity contribution in [2.75, 3.05) is 44.7 Å². The van der Waals surface area contributed by atoms with Gasteiger partial charge in [0.25, 0.3) is 0 Å². The number of piperidine rings is 1. The van der Waals surface area contributed by atoms with Crippen LogP contribution < -0.4 is 5.32 Å². The average molecular weight is 370 g/mol. The lowest BCUT2D eigenvalue weighted by atomic mass is 10.0. The Morgan fingerprint density at radius 1 is 1.32 bits per heavy atom. The first-order valence-electron chi connectivity index (χ1n) is 8.88. The van der Waals surface area contributed by atoms with Gasteiger partial charge in [0.15, 0.2) is 0 Å². The van der Waals surface area contributed by atoms with Crippen LogP contribution in [0.4, 0.5) is 14.9 Å². The van der Waals surface area contributed by atoms with E-state index < -0.39 is 0 Å². The Hall–Kier alpha value is -1.37. The molecule has 0 aromatic heterocycles. The molecule has 0 saturated carbocycles. The molecular formula is C18H25ClFN3O2. The summed E-state index contributed by atoms with van der Waals surface area (Å²) in [5.41, 5.74) is 0.921. The van der Waals surface area contributed by atoms with Crippen molar-refractivity contribution < 1.29 is 13.9 Å². The highest BCUT2D eigenvalue weighted by Gasteiger charge is 2.29. The number of hydrogen-bond donors (Lipinski definition) is 1. The second kappa shape index (κ2) is 8.34. The molecule has 2 fully saturated rings. The summed E-state index contributed by atoms with van der Waals surface area (Å²) in [5.74, 6) is -0.369. The third-order valence-electron chi connectivity index (χ3n) is 4.95. The summed E-state index contributed by atoms with van der Waals surface area (Å²) in [6.07, 6.45) is 3.14. The van der Waals surface area contributed by atoms with Crippen molar-refractivity contribution in [2.45, 2.75) is 32.2 Å². The summed E-state index contributed by atoms with van der Waals surface area (Å²) in [4.78, 5) is 17.0. The van der Waals surface area contributed by atoms with Crippen LogP contribution in [0.5, 0.6) is 0 Å². The van der Waals surface area contributed by atoms with E-state index in [4.69, 9.17) is 16.3 Å². The van der Waals surface area contributed by atoms with E-state index in [1.54, 1.807) is 13.0 Å². The summed E-state index contributed by atoms with van der Waals surface area (Å²) in [6.45, 7) is 6.59. The van der Waals surface area contributed by atoms with Crippen molar-refractivity contribution in [3.05, 3.63) is 28.5 Å². The fourth-order valence-corrected chi connectivity index (χ4v) is 3.68. The van der Waals surface area contributed by atoms with Crippen LogP contribution in [0, 0.1) is 12.7 Å². The van der Waals surface area contributed by atoms with Crippen molar-refractivity contribution in [3.63, 3.8) is 0 Å². The van der Waals surface area contributed by atoms with E-state index >= 15 is 0 Å². The number of carbonyl (C=O) groups excluding carboxylic acids is 1. The van der Waals surface area contributed by atoms with Crippen molar-refractivity contribution >= 4 is 23.3 Å². The van der Waals surface area contributed by atoms with Gasteiger partial charge in [-0.05, 0) is 43.9 Å². The van der Waals surface area contributed by atoms with Gasteiger partial charge in [-0.3, -0.25) is 4.90 Å². The molecule has 1 N–H and O–H groups in total. The number of nitrogens with zero attached hydrogens (tertiary/aromatic N) is 2. The minimum atomic E-state index is -0.369. The van der Waals surface area contributed by atoms with Crippen LogP contribution in [0.15, 0.2) is 12.1 Å². The molecule has 7 heteroatoms. The van der Waals surface area contributed by atoms with E-state index in [0.29, 0.717) is 11.3 Å². The summed E-state index contributed by atoms with van der Waals surface area (Å²) in [5, 5.41) is 3.08. The predicted octanol–water partition coefficient (Wildman–Crippen LogP) is 3.51. The summed E-state index contributed by atoms with van der Waals surface area (Å²) in [7, 11) is 0. The van der Waals surface area contributed by atoms with Crippen LogP contribution in [0.1, 0.15) is 24.8 Å². The number of urea groups is 1. The number of anilines is 1. The molecule has 0 bridgehead atoms. The molecule has 0 radical (unpaired) electrons. The molecule has 2 heterocycles. The highest BCUT2D eigenvalue weighted by Crippen LogP contribution is 2.27. The molecule has 5 nitrogen and oxygen atoms in total. The van der Waals surface area contributed by atoms with E-state index in [0.717, 1.165) is 58.7 Å². The first-order chi connectivity index (χ1) is 12.0. The molecule has 0 spiro atoms. The van der Waals surface area contributed by atoms with E-state index in [1.807, 2.05) is 4.90 Å². The number of halogens is 2. The number of ether oxygens (including phenoxy) is 1. The Bertz CT molecular complexity index is 623. The summed E-state index contributed by atoms with van der Waals surface area (Å²) < 4.78 is 18.9. The van der Waals surface area contributed by atoms with Crippen LogP contribution >= 0.6 is 11.6 Å². The lowest BCUT2D eigenvalue weighted by Crippen LogP contribution is -2.52. The molecule has 1 unspecified atom stereocenters. The van der Waals surface area contributed by atoms with Gasteiger partial charge >= 0.3 is 6.03 Å². The zero-order chi connectivity index (χ0) is 17.8. The molecule has 2 aliphatic heterocycles. The molecule has 3 rings (SSSR count). The Morgan fingerprint density at radius 3 is 2.84 bits per heavy atom. The van der Waals surface area contributed by atoms with Crippen LogP contribution in [-0.4, -0.2) is 61.3 Å². The van der Waals surface area contributed by atoms with E-state index in [1.165, 1.54) is 6.07 Å². The zero-order valence-corrected chi connectivity index (χ0v) is 15.3. The maximum Gasteiger partial charge on any atom is 0.322 e. The fraction of sp³-hybridized carbons (Fsp3) is 0.611. The van der Waals surface area contributed by atoms with Gasteiger partial charge in [0.2, 0.25) is 0 Å². The van der Waals surface area contributed by atoms with Crippen LogP contribution in [0.3, 0.4) is 0 Å². The van der Waals surface area contributed by atoms with Crippen molar-refractivity contribution in [3.8, 4) is 0 Å². The topological polar surface area (TPSA) is 44.8 Å². The first kappa shape index (κ1) is 18.4. The van der Waals surface area contributed by atoms with Crippen LogP contribution in [0.2, 0.25) is 5.02 Å². The Kier molecular flexibility index (Phi) is 6.15. The number of amides is 2. The molecule has 0 aliphatic carbocycles. The smallest absolute Gasteiger partial charge is 0.322 e. The fourth-order valence-electron chi connectivity index (χ4n) is 3.48. The Morgan fingerprint density at radius 2 is 2.08 bits per heavy atom. The number of carbonyl (C=O) groups is 1. The average Bonchev–Trinajstić information content (AvgIpc) is 2.61. The number of aryl methyl sites for hydroxylation is 1. The number of hydrogen-bond acceptors (Lipinski definition) is 3. The normalized spacial score (nSPS) is 22.0. The van der Waals surface area contributed by atoms with Gasteiger partial charge in [-0.15, -0.1) is 0 Å². The molecule has 1 aromatic carbocycles. The van der Waals surface area contributed by atoms with Gasteiger partial charge < -0.3 is 15.0 Å². The maximum absolute atomic E-state index is 13.6. The quantitative estimate of drug-likeness (QED) is 0.886.